The van der Waals surface area contributed by atoms with Gasteiger partial charge in [0.1, 0.15) is 11.1 Å². The minimum atomic E-state index is 0.149. The van der Waals surface area contributed by atoms with Gasteiger partial charge in [-0.1, -0.05) is 20.8 Å². The molecule has 0 bridgehead atoms. The third-order valence-corrected chi connectivity index (χ3v) is 3.74. The minimum Gasteiger partial charge on any atom is -0.374 e. The SMILES string of the molecule is COC(c1nc(C(C)(C)C)cs1)C1CC1. The van der Waals surface area contributed by atoms with Crippen molar-refractivity contribution in [3.8, 4) is 0 Å². The van der Waals surface area contributed by atoms with E-state index in [0.717, 1.165) is 5.01 Å². The maximum absolute atomic E-state index is 5.53. The fourth-order valence-corrected chi connectivity index (χ4v) is 2.87. The number of hydrogen-bond acceptors (Lipinski definition) is 3. The Morgan fingerprint density at radius 2 is 2.13 bits per heavy atom. The molecule has 1 aliphatic rings. The lowest BCUT2D eigenvalue weighted by molar-refractivity contribution is 0.0841. The quantitative estimate of drug-likeness (QED) is 0.785. The van der Waals surface area contributed by atoms with Gasteiger partial charge in [-0.2, -0.15) is 0 Å². The Bertz CT molecular complexity index is 336. The predicted molar refractivity (Wildman–Crippen MR) is 63.3 cm³/mol. The van der Waals surface area contributed by atoms with Crippen molar-refractivity contribution in [3.05, 3.63) is 16.1 Å². The summed E-state index contributed by atoms with van der Waals surface area (Å²) in [6.07, 6.45) is 2.83. The van der Waals surface area contributed by atoms with Gasteiger partial charge in [0.15, 0.2) is 0 Å². The molecule has 0 aliphatic heterocycles. The summed E-state index contributed by atoms with van der Waals surface area (Å²) in [5.41, 5.74) is 1.33. The van der Waals surface area contributed by atoms with E-state index >= 15 is 0 Å². The van der Waals surface area contributed by atoms with Crippen LogP contribution >= 0.6 is 11.3 Å². The van der Waals surface area contributed by atoms with Gasteiger partial charge in [0.05, 0.1) is 5.69 Å². The summed E-state index contributed by atoms with van der Waals surface area (Å²) in [7, 11) is 1.79. The van der Waals surface area contributed by atoms with E-state index < -0.39 is 0 Å². The Kier molecular flexibility index (Phi) is 2.86. The van der Waals surface area contributed by atoms with Gasteiger partial charge >= 0.3 is 0 Å². The molecule has 0 spiro atoms. The van der Waals surface area contributed by atoms with Gasteiger partial charge in [0.2, 0.25) is 0 Å². The topological polar surface area (TPSA) is 22.1 Å². The summed E-state index contributed by atoms with van der Waals surface area (Å²) in [6, 6.07) is 0. The summed E-state index contributed by atoms with van der Waals surface area (Å²) in [6.45, 7) is 6.60. The normalized spacial score (nSPS) is 19.2. The number of methoxy groups -OCH3 is 1. The number of thiazole rings is 1. The van der Waals surface area contributed by atoms with Crippen LogP contribution in [0.3, 0.4) is 0 Å². The Morgan fingerprint density at radius 1 is 1.47 bits per heavy atom. The molecule has 1 aromatic heterocycles. The van der Waals surface area contributed by atoms with Crippen LogP contribution in [-0.2, 0) is 10.2 Å². The van der Waals surface area contributed by atoms with Crippen molar-refractivity contribution < 1.29 is 4.74 Å². The monoisotopic (exact) mass is 225 g/mol. The molecule has 1 aliphatic carbocycles. The van der Waals surface area contributed by atoms with Gasteiger partial charge in [0, 0.05) is 17.9 Å². The molecule has 15 heavy (non-hydrogen) atoms. The first-order chi connectivity index (χ1) is 7.02. The largest absolute Gasteiger partial charge is 0.374 e. The molecule has 0 N–H and O–H groups in total. The highest BCUT2D eigenvalue weighted by atomic mass is 32.1. The second-order valence-corrected chi connectivity index (χ2v) is 6.20. The Morgan fingerprint density at radius 3 is 2.53 bits per heavy atom. The highest BCUT2D eigenvalue weighted by Crippen LogP contribution is 2.44. The highest BCUT2D eigenvalue weighted by Gasteiger charge is 2.34. The molecule has 3 heteroatoms. The van der Waals surface area contributed by atoms with E-state index in [2.05, 4.69) is 26.2 Å². The number of aromatic nitrogens is 1. The van der Waals surface area contributed by atoms with E-state index in [1.807, 2.05) is 0 Å². The van der Waals surface area contributed by atoms with Crippen LogP contribution < -0.4 is 0 Å². The van der Waals surface area contributed by atoms with Gasteiger partial charge in [0.25, 0.3) is 0 Å². The highest BCUT2D eigenvalue weighted by molar-refractivity contribution is 7.09. The Labute approximate surface area is 95.7 Å². The first-order valence-electron chi connectivity index (χ1n) is 5.51. The first kappa shape index (κ1) is 11.1. The molecule has 0 radical (unpaired) electrons. The van der Waals surface area contributed by atoms with E-state index in [4.69, 9.17) is 9.72 Å². The molecule has 1 atom stereocenters. The molecule has 0 amide bonds. The molecular formula is C12H19NOS. The van der Waals surface area contributed by atoms with E-state index in [1.54, 1.807) is 18.4 Å². The van der Waals surface area contributed by atoms with Crippen molar-refractivity contribution in [1.29, 1.82) is 0 Å². The van der Waals surface area contributed by atoms with E-state index in [-0.39, 0.29) is 11.5 Å². The smallest absolute Gasteiger partial charge is 0.122 e. The summed E-state index contributed by atoms with van der Waals surface area (Å²) in [5.74, 6) is 0.717. The third-order valence-electron chi connectivity index (χ3n) is 2.84. The van der Waals surface area contributed by atoms with Crippen LogP contribution in [0.1, 0.15) is 50.4 Å². The number of hydrogen-bond donors (Lipinski definition) is 0. The summed E-state index contributed by atoms with van der Waals surface area (Å²) >= 11 is 1.74. The zero-order valence-corrected chi connectivity index (χ0v) is 10.7. The van der Waals surface area contributed by atoms with Crippen LogP contribution in [0.5, 0.6) is 0 Å². The van der Waals surface area contributed by atoms with Crippen LogP contribution in [0, 0.1) is 5.92 Å². The van der Waals surface area contributed by atoms with Crippen molar-refractivity contribution in [1.82, 2.24) is 4.98 Å². The molecule has 2 rings (SSSR count). The van der Waals surface area contributed by atoms with Crippen molar-refractivity contribution >= 4 is 11.3 Å². The van der Waals surface area contributed by atoms with Crippen molar-refractivity contribution in [2.75, 3.05) is 7.11 Å². The number of rotatable bonds is 3. The Balaban J connectivity index is 2.18. The summed E-state index contributed by atoms with van der Waals surface area (Å²) in [4.78, 5) is 4.71. The molecule has 0 aromatic carbocycles. The second kappa shape index (κ2) is 3.87. The molecular weight excluding hydrogens is 206 g/mol. The molecule has 1 unspecified atom stereocenters. The van der Waals surface area contributed by atoms with E-state index in [9.17, 15) is 0 Å². The van der Waals surface area contributed by atoms with Crippen molar-refractivity contribution in [3.63, 3.8) is 0 Å². The van der Waals surface area contributed by atoms with Crippen LogP contribution in [0.25, 0.3) is 0 Å². The predicted octanol–water partition coefficient (Wildman–Crippen LogP) is 3.54. The van der Waals surface area contributed by atoms with Gasteiger partial charge in [-0.05, 0) is 18.8 Å². The molecule has 1 heterocycles. The molecule has 0 saturated heterocycles. The standard InChI is InChI=1S/C12H19NOS/c1-12(2,3)9-7-15-11(13-9)10(14-4)8-5-6-8/h7-8,10H,5-6H2,1-4H3. The molecule has 84 valence electrons. The Hall–Kier alpha value is -0.410. The van der Waals surface area contributed by atoms with Crippen molar-refractivity contribution in [2.24, 2.45) is 5.92 Å². The van der Waals surface area contributed by atoms with Gasteiger partial charge in [-0.3, -0.25) is 0 Å². The van der Waals surface area contributed by atoms with E-state index in [1.165, 1.54) is 18.5 Å². The summed E-state index contributed by atoms with van der Waals surface area (Å²) in [5, 5.41) is 3.33. The van der Waals surface area contributed by atoms with E-state index in [0.29, 0.717) is 5.92 Å². The maximum atomic E-state index is 5.53. The lowest BCUT2D eigenvalue weighted by atomic mass is 9.93. The lowest BCUT2D eigenvalue weighted by Gasteiger charge is -2.15. The van der Waals surface area contributed by atoms with Crippen LogP contribution in [0.15, 0.2) is 5.38 Å². The zero-order chi connectivity index (χ0) is 11.1. The lowest BCUT2D eigenvalue weighted by Crippen LogP contribution is -2.12. The van der Waals surface area contributed by atoms with Crippen molar-refractivity contribution in [2.45, 2.75) is 45.1 Å². The third kappa shape index (κ3) is 2.40. The molecule has 1 saturated carbocycles. The first-order valence-corrected chi connectivity index (χ1v) is 6.39. The number of ether oxygens (including phenoxy) is 1. The van der Waals surface area contributed by atoms with Crippen LogP contribution in [0.2, 0.25) is 0 Å². The zero-order valence-electron chi connectivity index (χ0n) is 9.91. The second-order valence-electron chi connectivity index (χ2n) is 5.31. The van der Waals surface area contributed by atoms with Crippen LogP contribution in [-0.4, -0.2) is 12.1 Å². The van der Waals surface area contributed by atoms with Crippen LogP contribution in [0.4, 0.5) is 0 Å². The molecule has 1 aromatic rings. The fraction of sp³-hybridized carbons (Fsp3) is 0.750. The van der Waals surface area contributed by atoms with Gasteiger partial charge in [-0.25, -0.2) is 4.98 Å². The molecule has 2 nitrogen and oxygen atoms in total. The van der Waals surface area contributed by atoms with Gasteiger partial charge < -0.3 is 4.74 Å². The van der Waals surface area contributed by atoms with Gasteiger partial charge in [-0.15, -0.1) is 11.3 Å². The number of nitrogens with zero attached hydrogens (tertiary/aromatic N) is 1. The maximum Gasteiger partial charge on any atom is 0.122 e. The molecule has 1 fully saturated rings. The minimum absolute atomic E-state index is 0.149. The average molecular weight is 225 g/mol. The average Bonchev–Trinajstić information content (AvgIpc) is 2.82. The summed E-state index contributed by atoms with van der Waals surface area (Å²) < 4.78 is 5.53. The fourth-order valence-electron chi connectivity index (χ4n) is 1.66.